The van der Waals surface area contributed by atoms with E-state index in [0.717, 1.165) is 22.8 Å². The van der Waals surface area contributed by atoms with E-state index in [1.54, 1.807) is 0 Å². The first-order valence-corrected chi connectivity index (χ1v) is 11.9. The molecule has 0 spiro atoms. The van der Waals surface area contributed by atoms with Crippen LogP contribution in [0.25, 0.3) is 11.8 Å². The van der Waals surface area contributed by atoms with Crippen LogP contribution in [0.1, 0.15) is 59.8 Å². The van der Waals surface area contributed by atoms with E-state index >= 15 is 0 Å². The van der Waals surface area contributed by atoms with E-state index in [0.29, 0.717) is 11.8 Å². The Morgan fingerprint density at radius 3 is 2.71 bits per heavy atom. The zero-order valence-corrected chi connectivity index (χ0v) is 19.3. The summed E-state index contributed by atoms with van der Waals surface area (Å²) in [6.45, 7) is 9.65. The molecule has 2 rings (SSSR count). The number of aryl methyl sites for hydroxylation is 1. The summed E-state index contributed by atoms with van der Waals surface area (Å²) in [6.07, 6.45) is 14.4. The number of rotatable bonds is 11. The summed E-state index contributed by atoms with van der Waals surface area (Å²) in [6, 6.07) is 0.589. The quantitative estimate of drug-likeness (QED) is 0.614. The molecule has 1 aromatic heterocycles. The van der Waals surface area contributed by atoms with Crippen LogP contribution in [0.4, 0.5) is 0 Å². The number of nitrogens with zero attached hydrogens (tertiary/aromatic N) is 3. The van der Waals surface area contributed by atoms with Gasteiger partial charge in [0.25, 0.3) is 0 Å². The molecule has 1 aliphatic rings. The topological polar surface area (TPSA) is 50.2 Å². The highest BCUT2D eigenvalue weighted by atomic mass is 32.2. The van der Waals surface area contributed by atoms with Crippen molar-refractivity contribution in [3.63, 3.8) is 0 Å². The Morgan fingerprint density at radius 2 is 2.04 bits per heavy atom. The summed E-state index contributed by atoms with van der Waals surface area (Å²) in [5.74, 6) is 0.612. The van der Waals surface area contributed by atoms with Crippen molar-refractivity contribution in [2.45, 2.75) is 65.8 Å². The first-order valence-electron chi connectivity index (χ1n) is 10.6. The molecule has 6 heteroatoms. The molecule has 0 saturated heterocycles. The van der Waals surface area contributed by atoms with Crippen molar-refractivity contribution >= 4 is 22.8 Å². The number of fused-ring (bicyclic) bond motifs is 1. The lowest BCUT2D eigenvalue weighted by atomic mass is 9.93. The lowest BCUT2D eigenvalue weighted by molar-refractivity contribution is 0.225. The molecule has 0 aromatic carbocycles. The number of unbranched alkanes of at least 4 members (excludes halogenated alkanes) is 1. The van der Waals surface area contributed by atoms with Crippen molar-refractivity contribution in [2.24, 2.45) is 12.5 Å². The van der Waals surface area contributed by atoms with Gasteiger partial charge in [-0.05, 0) is 26.0 Å². The van der Waals surface area contributed by atoms with Gasteiger partial charge in [0.15, 0.2) is 0 Å². The van der Waals surface area contributed by atoms with Gasteiger partial charge >= 0.3 is 0 Å². The third-order valence-electron chi connectivity index (χ3n) is 5.42. The maximum atomic E-state index is 12.8. The lowest BCUT2D eigenvalue weighted by Gasteiger charge is -2.27. The van der Waals surface area contributed by atoms with Gasteiger partial charge in [0.2, 0.25) is 0 Å². The molecule has 0 aliphatic heterocycles. The second-order valence-corrected chi connectivity index (χ2v) is 9.81. The molecule has 0 fully saturated rings. The molecular formula is C22H38N4OS. The number of hydrogen-bond acceptors (Lipinski definition) is 3. The first-order chi connectivity index (χ1) is 13.3. The molecule has 5 nitrogen and oxygen atoms in total. The Bertz CT molecular complexity index is 809. The van der Waals surface area contributed by atoms with Gasteiger partial charge < -0.3 is 9.62 Å². The van der Waals surface area contributed by atoms with Crippen LogP contribution >= 0.6 is 0 Å². The van der Waals surface area contributed by atoms with E-state index in [1.165, 1.54) is 32.1 Å². The Morgan fingerprint density at radius 1 is 1.29 bits per heavy atom. The summed E-state index contributed by atoms with van der Waals surface area (Å²) >= 11 is 0. The van der Waals surface area contributed by atoms with E-state index in [9.17, 15) is 4.21 Å². The Balaban J connectivity index is 2.06. The fourth-order valence-electron chi connectivity index (χ4n) is 3.74. The smallest absolute Gasteiger partial charge is 0.118 e. The van der Waals surface area contributed by atoms with Gasteiger partial charge in [-0.15, -0.1) is 0 Å². The molecule has 2 unspecified atom stereocenters. The molecule has 0 radical (unpaired) electrons. The van der Waals surface area contributed by atoms with E-state index in [2.05, 4.69) is 61.6 Å². The molecule has 28 heavy (non-hydrogen) atoms. The van der Waals surface area contributed by atoms with Crippen LogP contribution in [-0.4, -0.2) is 44.3 Å². The highest BCUT2D eigenvalue weighted by Gasteiger charge is 2.17. The molecule has 158 valence electrons. The van der Waals surface area contributed by atoms with E-state index in [-0.39, 0.29) is 5.41 Å². The minimum Gasteiger partial charge on any atom is -0.303 e. The Labute approximate surface area is 173 Å². The molecular weight excluding hydrogens is 368 g/mol. The van der Waals surface area contributed by atoms with Crippen molar-refractivity contribution in [1.82, 2.24) is 19.4 Å². The number of nitrogens with one attached hydrogen (secondary N) is 1. The van der Waals surface area contributed by atoms with Crippen LogP contribution in [0.15, 0.2) is 18.3 Å². The minimum absolute atomic E-state index is 0.0599. The minimum atomic E-state index is -1.13. The van der Waals surface area contributed by atoms with Crippen LogP contribution < -0.4 is 15.3 Å². The molecule has 2 atom stereocenters. The number of hydrogen-bond donors (Lipinski definition) is 1. The number of allylic oxidation sites excluding steroid dienone is 1. The summed E-state index contributed by atoms with van der Waals surface area (Å²) in [7, 11) is 2.97. The molecule has 1 aromatic rings. The molecule has 0 amide bonds. The van der Waals surface area contributed by atoms with Crippen molar-refractivity contribution in [1.29, 1.82) is 0 Å². The van der Waals surface area contributed by atoms with E-state index in [1.807, 2.05) is 24.0 Å². The largest absolute Gasteiger partial charge is 0.303 e. The maximum Gasteiger partial charge on any atom is 0.118 e. The predicted molar refractivity (Wildman–Crippen MR) is 120 cm³/mol. The van der Waals surface area contributed by atoms with Gasteiger partial charge in [-0.1, -0.05) is 59.1 Å². The van der Waals surface area contributed by atoms with Crippen LogP contribution in [0, 0.1) is 5.41 Å². The summed E-state index contributed by atoms with van der Waals surface area (Å²) in [5, 5.41) is 6.47. The maximum absolute atomic E-state index is 12.8. The van der Waals surface area contributed by atoms with Crippen LogP contribution in [0.3, 0.4) is 0 Å². The van der Waals surface area contributed by atoms with Gasteiger partial charge in [0, 0.05) is 30.3 Å². The SMILES string of the molecule is CCCCC(CCC)N(C)CCS(=O)NC1=c2c(cnn2C)=CC(C)(C)C=C1. The monoisotopic (exact) mass is 406 g/mol. The average Bonchev–Trinajstić information content (AvgIpc) is 2.93. The van der Waals surface area contributed by atoms with Crippen LogP contribution in [0.2, 0.25) is 0 Å². The van der Waals surface area contributed by atoms with Crippen molar-refractivity contribution in [3.05, 3.63) is 28.9 Å². The Hall–Kier alpha value is -1.40. The summed E-state index contributed by atoms with van der Waals surface area (Å²) in [5.41, 5.74) is 0.823. The van der Waals surface area contributed by atoms with Crippen LogP contribution in [-0.2, 0) is 18.0 Å². The molecule has 1 N–H and O–H groups in total. The zero-order valence-electron chi connectivity index (χ0n) is 18.5. The molecule has 0 bridgehead atoms. The molecule has 1 aliphatic carbocycles. The second-order valence-electron chi connectivity index (χ2n) is 8.50. The third-order valence-corrected chi connectivity index (χ3v) is 6.42. The summed E-state index contributed by atoms with van der Waals surface area (Å²) in [4.78, 5) is 2.39. The van der Waals surface area contributed by atoms with E-state index in [4.69, 9.17) is 0 Å². The summed E-state index contributed by atoms with van der Waals surface area (Å²) < 4.78 is 17.9. The van der Waals surface area contributed by atoms with Gasteiger partial charge in [-0.2, -0.15) is 5.10 Å². The van der Waals surface area contributed by atoms with Crippen LogP contribution in [0.5, 0.6) is 0 Å². The predicted octanol–water partition coefficient (Wildman–Crippen LogP) is 2.45. The van der Waals surface area contributed by atoms with Gasteiger partial charge in [0.1, 0.15) is 11.0 Å². The fourth-order valence-corrected chi connectivity index (χ4v) is 4.71. The highest BCUT2D eigenvalue weighted by Crippen LogP contribution is 2.20. The van der Waals surface area contributed by atoms with Crippen molar-refractivity contribution < 1.29 is 4.21 Å². The highest BCUT2D eigenvalue weighted by molar-refractivity contribution is 7.83. The van der Waals surface area contributed by atoms with E-state index < -0.39 is 11.0 Å². The fraction of sp³-hybridized carbons (Fsp3) is 0.682. The second kappa shape index (κ2) is 10.4. The third kappa shape index (κ3) is 6.31. The first kappa shape index (κ1) is 22.9. The van der Waals surface area contributed by atoms with Gasteiger partial charge in [-0.3, -0.25) is 4.68 Å². The average molecular weight is 407 g/mol. The Kier molecular flexibility index (Phi) is 8.50. The molecule has 1 heterocycles. The van der Waals surface area contributed by atoms with Gasteiger partial charge in [0.05, 0.1) is 23.0 Å². The van der Waals surface area contributed by atoms with Gasteiger partial charge in [-0.25, -0.2) is 4.21 Å². The lowest BCUT2D eigenvalue weighted by Crippen LogP contribution is -2.38. The zero-order chi connectivity index (χ0) is 20.7. The normalized spacial score (nSPS) is 17.8. The standard InChI is InChI=1S/C22H38N4OS/c1-7-9-11-19(10-8-2)25(5)14-15-28(27)24-20-12-13-22(3,4)16-18-17-23-26(6)21(18)20/h12-13,16-17,19,24H,7-11,14-15H2,1-6H3. The van der Waals surface area contributed by atoms with Crippen molar-refractivity contribution in [3.8, 4) is 0 Å². The molecule has 0 saturated carbocycles. The number of aromatic nitrogens is 2. The van der Waals surface area contributed by atoms with Crippen molar-refractivity contribution in [2.75, 3.05) is 19.3 Å².